The van der Waals surface area contributed by atoms with Crippen molar-refractivity contribution in [3.8, 4) is 11.3 Å². The van der Waals surface area contributed by atoms with Crippen LogP contribution in [-0.4, -0.2) is 23.7 Å². The number of rotatable bonds is 3. The van der Waals surface area contributed by atoms with Crippen LogP contribution < -0.4 is 5.32 Å². The van der Waals surface area contributed by atoms with Crippen molar-refractivity contribution in [1.82, 2.24) is 4.98 Å². The van der Waals surface area contributed by atoms with Gasteiger partial charge in [0.1, 0.15) is 12.0 Å². The third kappa shape index (κ3) is 2.63. The molecule has 19 heavy (non-hydrogen) atoms. The molecule has 1 aliphatic rings. The largest absolute Gasteiger partial charge is 0.449 e. The number of oxazole rings is 1. The summed E-state index contributed by atoms with van der Waals surface area (Å²) in [5, 5.41) is 3.51. The van der Waals surface area contributed by atoms with Gasteiger partial charge in [-0.1, -0.05) is 12.1 Å². The molecule has 4 heteroatoms. The van der Waals surface area contributed by atoms with Crippen molar-refractivity contribution in [2.75, 3.05) is 11.9 Å². The normalized spacial score (nSPS) is 22.6. The van der Waals surface area contributed by atoms with Crippen LogP contribution in [-0.2, 0) is 4.74 Å². The molecule has 1 aromatic heterocycles. The van der Waals surface area contributed by atoms with Crippen molar-refractivity contribution in [3.05, 3.63) is 36.4 Å². The number of hydrogen-bond acceptors (Lipinski definition) is 4. The number of anilines is 1. The van der Waals surface area contributed by atoms with E-state index in [2.05, 4.69) is 41.5 Å². The quantitative estimate of drug-likeness (QED) is 0.918. The Kier molecular flexibility index (Phi) is 3.25. The molecule has 1 aliphatic heterocycles. The predicted molar refractivity (Wildman–Crippen MR) is 74.1 cm³/mol. The van der Waals surface area contributed by atoms with Gasteiger partial charge in [-0.05, 0) is 25.5 Å². The summed E-state index contributed by atoms with van der Waals surface area (Å²) in [5.41, 5.74) is 3.06. The van der Waals surface area contributed by atoms with Gasteiger partial charge in [-0.15, -0.1) is 0 Å². The number of aryl methyl sites for hydroxylation is 1. The Morgan fingerprint density at radius 2 is 2.05 bits per heavy atom. The van der Waals surface area contributed by atoms with Crippen LogP contribution in [0.5, 0.6) is 0 Å². The van der Waals surface area contributed by atoms with Gasteiger partial charge >= 0.3 is 0 Å². The summed E-state index contributed by atoms with van der Waals surface area (Å²) in [5.74, 6) is 0.689. The van der Waals surface area contributed by atoms with Crippen molar-refractivity contribution in [2.24, 2.45) is 0 Å². The maximum absolute atomic E-state index is 5.55. The van der Waals surface area contributed by atoms with E-state index in [9.17, 15) is 0 Å². The molecule has 0 radical (unpaired) electrons. The number of nitrogens with one attached hydrogen (secondary N) is 1. The van der Waals surface area contributed by atoms with Gasteiger partial charge in [0.15, 0.2) is 5.89 Å². The molecule has 0 bridgehead atoms. The molecule has 0 saturated carbocycles. The second-order valence-electron chi connectivity index (χ2n) is 4.94. The van der Waals surface area contributed by atoms with Crippen LogP contribution in [0.15, 0.2) is 34.9 Å². The highest BCUT2D eigenvalue weighted by molar-refractivity contribution is 5.62. The Balaban J connectivity index is 1.72. The molecule has 3 rings (SSSR count). The molecule has 1 saturated heterocycles. The molecule has 2 unspecified atom stereocenters. The average Bonchev–Trinajstić information content (AvgIpc) is 3.00. The molecule has 0 spiro atoms. The van der Waals surface area contributed by atoms with Gasteiger partial charge < -0.3 is 14.5 Å². The number of aromatic nitrogens is 1. The van der Waals surface area contributed by atoms with E-state index in [4.69, 9.17) is 9.15 Å². The van der Waals surface area contributed by atoms with Crippen molar-refractivity contribution in [3.63, 3.8) is 0 Å². The fraction of sp³-hybridized carbons (Fsp3) is 0.400. The minimum absolute atomic E-state index is 0.276. The van der Waals surface area contributed by atoms with E-state index in [1.807, 2.05) is 6.92 Å². The van der Waals surface area contributed by atoms with Crippen molar-refractivity contribution >= 4 is 5.69 Å². The highest BCUT2D eigenvalue weighted by Gasteiger charge is 2.23. The van der Waals surface area contributed by atoms with Gasteiger partial charge in [0.2, 0.25) is 0 Å². The summed E-state index contributed by atoms with van der Waals surface area (Å²) in [4.78, 5) is 4.32. The summed E-state index contributed by atoms with van der Waals surface area (Å²) >= 11 is 0. The van der Waals surface area contributed by atoms with Crippen LogP contribution in [0.1, 0.15) is 19.2 Å². The fourth-order valence-corrected chi connectivity index (χ4v) is 2.37. The molecule has 100 valence electrons. The van der Waals surface area contributed by atoms with Gasteiger partial charge in [-0.25, -0.2) is 4.98 Å². The van der Waals surface area contributed by atoms with Gasteiger partial charge in [0, 0.05) is 24.8 Å². The van der Waals surface area contributed by atoms with Crippen LogP contribution in [0, 0.1) is 6.92 Å². The molecule has 2 heterocycles. The first-order valence-electron chi connectivity index (χ1n) is 6.63. The summed E-state index contributed by atoms with van der Waals surface area (Å²) in [6.45, 7) is 4.80. The van der Waals surface area contributed by atoms with Crippen molar-refractivity contribution < 1.29 is 9.15 Å². The van der Waals surface area contributed by atoms with Crippen LogP contribution >= 0.6 is 0 Å². The molecular formula is C15H18N2O2. The first-order chi connectivity index (χ1) is 9.22. The lowest BCUT2D eigenvalue weighted by molar-refractivity contribution is 0.121. The Bertz CT molecular complexity index is 548. The molecule has 2 aromatic rings. The molecule has 1 N–H and O–H groups in total. The smallest absolute Gasteiger partial charge is 0.191 e. The highest BCUT2D eigenvalue weighted by atomic mass is 16.5. The maximum Gasteiger partial charge on any atom is 0.191 e. The third-order valence-electron chi connectivity index (χ3n) is 3.53. The average molecular weight is 258 g/mol. The molecule has 0 aliphatic carbocycles. The number of hydrogen-bond donors (Lipinski definition) is 1. The third-order valence-corrected chi connectivity index (χ3v) is 3.53. The summed E-state index contributed by atoms with van der Waals surface area (Å²) in [7, 11) is 0. The number of ether oxygens (including phenoxy) is 1. The minimum atomic E-state index is 0.276. The van der Waals surface area contributed by atoms with E-state index in [-0.39, 0.29) is 6.10 Å². The Hall–Kier alpha value is -1.81. The first-order valence-corrected chi connectivity index (χ1v) is 6.63. The molecule has 1 fully saturated rings. The van der Waals surface area contributed by atoms with Crippen molar-refractivity contribution in [2.45, 2.75) is 32.4 Å². The highest BCUT2D eigenvalue weighted by Crippen LogP contribution is 2.23. The molecular weight excluding hydrogens is 240 g/mol. The number of nitrogens with zero attached hydrogens (tertiary/aromatic N) is 1. The first kappa shape index (κ1) is 12.2. The molecule has 2 atom stereocenters. The summed E-state index contributed by atoms with van der Waals surface area (Å²) in [6, 6.07) is 8.66. The van der Waals surface area contributed by atoms with E-state index in [0.29, 0.717) is 11.9 Å². The topological polar surface area (TPSA) is 47.3 Å². The van der Waals surface area contributed by atoms with Crippen LogP contribution in [0.4, 0.5) is 5.69 Å². The fourth-order valence-electron chi connectivity index (χ4n) is 2.37. The monoisotopic (exact) mass is 258 g/mol. The molecule has 0 amide bonds. The zero-order valence-electron chi connectivity index (χ0n) is 11.2. The second kappa shape index (κ2) is 5.05. The standard InChI is InChI=1S/C15H18N2O2/c1-10-14(7-8-18-10)17-13-5-3-12(4-6-13)15-9-19-11(2)16-15/h3-6,9-10,14,17H,7-8H2,1-2H3. The lowest BCUT2D eigenvalue weighted by Gasteiger charge is -2.17. The molecule has 1 aromatic carbocycles. The second-order valence-corrected chi connectivity index (χ2v) is 4.94. The van der Waals surface area contributed by atoms with Gasteiger partial charge in [0.25, 0.3) is 0 Å². The maximum atomic E-state index is 5.55. The van der Waals surface area contributed by atoms with Crippen molar-refractivity contribution in [1.29, 1.82) is 0 Å². The zero-order valence-corrected chi connectivity index (χ0v) is 11.2. The van der Waals surface area contributed by atoms with E-state index >= 15 is 0 Å². The van der Waals surface area contributed by atoms with E-state index in [1.165, 1.54) is 0 Å². The summed E-state index contributed by atoms with van der Waals surface area (Å²) in [6.07, 6.45) is 3.02. The number of benzene rings is 1. The van der Waals surface area contributed by atoms with Gasteiger partial charge in [-0.2, -0.15) is 0 Å². The van der Waals surface area contributed by atoms with Gasteiger partial charge in [0.05, 0.1) is 12.1 Å². The minimum Gasteiger partial charge on any atom is -0.449 e. The van der Waals surface area contributed by atoms with Crippen LogP contribution in [0.3, 0.4) is 0 Å². The predicted octanol–water partition coefficient (Wildman–Crippen LogP) is 3.24. The van der Waals surface area contributed by atoms with Crippen LogP contribution in [0.25, 0.3) is 11.3 Å². The SMILES string of the molecule is Cc1nc(-c2ccc(NC3CCOC3C)cc2)co1. The Labute approximate surface area is 112 Å². The van der Waals surface area contributed by atoms with E-state index in [0.717, 1.165) is 30.0 Å². The Morgan fingerprint density at radius 1 is 1.26 bits per heavy atom. The summed E-state index contributed by atoms with van der Waals surface area (Å²) < 4.78 is 10.8. The lowest BCUT2D eigenvalue weighted by Crippen LogP contribution is -2.26. The van der Waals surface area contributed by atoms with E-state index in [1.54, 1.807) is 6.26 Å². The van der Waals surface area contributed by atoms with E-state index < -0.39 is 0 Å². The van der Waals surface area contributed by atoms with Gasteiger partial charge in [-0.3, -0.25) is 0 Å². The Morgan fingerprint density at radius 3 is 2.63 bits per heavy atom. The molecule has 4 nitrogen and oxygen atoms in total. The van der Waals surface area contributed by atoms with Crippen LogP contribution in [0.2, 0.25) is 0 Å². The zero-order chi connectivity index (χ0) is 13.2. The lowest BCUT2D eigenvalue weighted by atomic mass is 10.1.